The number of hydrogen-bond donors (Lipinski definition) is 0. The number of aromatic nitrogens is 2. The number of carbonyl (C=O) groups is 1. The van der Waals surface area contributed by atoms with Crippen molar-refractivity contribution < 1.29 is 4.79 Å². The number of rotatable bonds is 3. The van der Waals surface area contributed by atoms with Crippen LogP contribution in [-0.2, 0) is 4.79 Å². The summed E-state index contributed by atoms with van der Waals surface area (Å²) in [5.41, 5.74) is 2.98. The first-order valence-corrected chi connectivity index (χ1v) is 11.2. The fourth-order valence-electron chi connectivity index (χ4n) is 4.59. The molecule has 1 aromatic heterocycles. The monoisotopic (exact) mass is 408 g/mol. The molecule has 0 atom stereocenters. The molecule has 0 N–H and O–H groups in total. The molecule has 1 amide bonds. The van der Waals surface area contributed by atoms with Crippen molar-refractivity contribution in [3.63, 3.8) is 0 Å². The molecule has 6 heteroatoms. The highest BCUT2D eigenvalue weighted by molar-refractivity contribution is 5.79. The molecule has 2 aromatic rings. The first-order valence-electron chi connectivity index (χ1n) is 11.2. The molecule has 4 rings (SSSR count). The van der Waals surface area contributed by atoms with Crippen molar-refractivity contribution in [2.24, 2.45) is 5.92 Å². The van der Waals surface area contributed by atoms with E-state index in [0.717, 1.165) is 62.5 Å². The average molecular weight is 409 g/mol. The highest BCUT2D eigenvalue weighted by atomic mass is 16.2. The van der Waals surface area contributed by atoms with Crippen molar-refractivity contribution in [1.82, 2.24) is 14.7 Å². The number of hydrogen-bond acceptors (Lipinski definition) is 4. The lowest BCUT2D eigenvalue weighted by Gasteiger charge is -2.28. The van der Waals surface area contributed by atoms with Crippen LogP contribution >= 0.6 is 0 Å². The molecule has 0 bridgehead atoms. The first-order chi connectivity index (χ1) is 14.5. The molecule has 0 spiro atoms. The van der Waals surface area contributed by atoms with Crippen LogP contribution in [-0.4, -0.2) is 46.8 Å². The van der Waals surface area contributed by atoms with Gasteiger partial charge < -0.3 is 9.80 Å². The van der Waals surface area contributed by atoms with Gasteiger partial charge in [0.1, 0.15) is 5.82 Å². The predicted octanol–water partition coefficient (Wildman–Crippen LogP) is 3.47. The molecular formula is C24H32N4O2. The average Bonchev–Trinajstić information content (AvgIpc) is 3.02. The summed E-state index contributed by atoms with van der Waals surface area (Å²) in [5.74, 6) is 1.35. The zero-order valence-electron chi connectivity index (χ0n) is 18.1. The lowest BCUT2D eigenvalue weighted by molar-refractivity contribution is -0.136. The Morgan fingerprint density at radius 3 is 2.47 bits per heavy atom. The van der Waals surface area contributed by atoms with E-state index >= 15 is 0 Å². The highest BCUT2D eigenvalue weighted by Gasteiger charge is 2.27. The second kappa shape index (κ2) is 9.02. The smallest absolute Gasteiger partial charge is 0.271 e. The fraction of sp³-hybridized carbons (Fsp3) is 0.542. The van der Waals surface area contributed by atoms with Crippen LogP contribution in [0.15, 0.2) is 35.1 Å². The molecule has 0 radical (unpaired) electrons. The largest absolute Gasteiger partial charge is 0.353 e. The van der Waals surface area contributed by atoms with E-state index in [0.29, 0.717) is 5.91 Å². The summed E-state index contributed by atoms with van der Waals surface area (Å²) in [6.45, 7) is 7.22. The number of aryl methyl sites for hydroxylation is 2. The zero-order valence-corrected chi connectivity index (χ0v) is 18.1. The molecule has 30 heavy (non-hydrogen) atoms. The van der Waals surface area contributed by atoms with Gasteiger partial charge in [-0.2, -0.15) is 4.68 Å². The van der Waals surface area contributed by atoms with Gasteiger partial charge in [0.2, 0.25) is 5.91 Å². The number of benzene rings is 1. The predicted molar refractivity (Wildman–Crippen MR) is 119 cm³/mol. The van der Waals surface area contributed by atoms with Gasteiger partial charge in [-0.25, -0.2) is 0 Å². The maximum absolute atomic E-state index is 12.9. The highest BCUT2D eigenvalue weighted by Crippen LogP contribution is 2.26. The molecule has 1 saturated carbocycles. The molecule has 1 aliphatic heterocycles. The fourth-order valence-corrected chi connectivity index (χ4v) is 4.59. The quantitative estimate of drug-likeness (QED) is 0.780. The molecule has 1 aliphatic carbocycles. The standard InChI is InChI=1S/C24H32N4O2/c1-18-9-10-21(17-19(18)2)28-23(29)12-11-22(25-28)26-13-6-14-27(16-15-26)24(30)20-7-4-3-5-8-20/h9-12,17,20H,3-8,13-16H2,1-2H3. The number of anilines is 1. The Labute approximate surface area is 178 Å². The van der Waals surface area contributed by atoms with Gasteiger partial charge in [0.25, 0.3) is 5.56 Å². The van der Waals surface area contributed by atoms with Gasteiger partial charge >= 0.3 is 0 Å². The molecule has 6 nitrogen and oxygen atoms in total. The second-order valence-corrected chi connectivity index (χ2v) is 8.71. The Morgan fingerprint density at radius 2 is 1.70 bits per heavy atom. The van der Waals surface area contributed by atoms with Gasteiger partial charge in [0, 0.05) is 38.2 Å². The molecular weight excluding hydrogens is 376 g/mol. The van der Waals surface area contributed by atoms with E-state index in [9.17, 15) is 9.59 Å². The Kier molecular flexibility index (Phi) is 6.21. The van der Waals surface area contributed by atoms with Crippen LogP contribution in [0, 0.1) is 19.8 Å². The van der Waals surface area contributed by atoms with Crippen molar-refractivity contribution in [2.75, 3.05) is 31.1 Å². The van der Waals surface area contributed by atoms with Crippen LogP contribution in [0.1, 0.15) is 49.7 Å². The first kappa shape index (κ1) is 20.6. The lowest BCUT2D eigenvalue weighted by Crippen LogP contribution is -2.39. The van der Waals surface area contributed by atoms with E-state index in [1.54, 1.807) is 12.1 Å². The Bertz CT molecular complexity index is 962. The maximum atomic E-state index is 12.9. The minimum atomic E-state index is -0.133. The van der Waals surface area contributed by atoms with Crippen LogP contribution in [0.4, 0.5) is 5.82 Å². The van der Waals surface area contributed by atoms with Gasteiger partial charge in [0.05, 0.1) is 5.69 Å². The Morgan fingerprint density at radius 1 is 0.900 bits per heavy atom. The maximum Gasteiger partial charge on any atom is 0.271 e. The molecule has 2 heterocycles. The van der Waals surface area contributed by atoms with Crippen LogP contribution in [0.3, 0.4) is 0 Å². The Hall–Kier alpha value is -2.63. The number of nitrogens with zero attached hydrogens (tertiary/aromatic N) is 4. The summed E-state index contributed by atoms with van der Waals surface area (Å²) in [7, 11) is 0. The molecule has 2 fully saturated rings. The summed E-state index contributed by atoms with van der Waals surface area (Å²) < 4.78 is 1.48. The van der Waals surface area contributed by atoms with Gasteiger partial charge in [-0.15, -0.1) is 5.10 Å². The topological polar surface area (TPSA) is 58.4 Å². The molecule has 160 valence electrons. The van der Waals surface area contributed by atoms with Crippen LogP contribution < -0.4 is 10.5 Å². The van der Waals surface area contributed by atoms with Crippen LogP contribution in [0.25, 0.3) is 5.69 Å². The Balaban J connectivity index is 1.50. The van der Waals surface area contributed by atoms with Crippen LogP contribution in [0.2, 0.25) is 0 Å². The third-order valence-electron chi connectivity index (χ3n) is 6.61. The third-order valence-corrected chi connectivity index (χ3v) is 6.61. The van der Waals surface area contributed by atoms with Crippen molar-refractivity contribution in [3.8, 4) is 5.69 Å². The minimum Gasteiger partial charge on any atom is -0.353 e. The van der Waals surface area contributed by atoms with E-state index < -0.39 is 0 Å². The van der Waals surface area contributed by atoms with Gasteiger partial charge in [-0.05, 0) is 62.4 Å². The van der Waals surface area contributed by atoms with E-state index in [1.807, 2.05) is 25.1 Å². The van der Waals surface area contributed by atoms with Crippen LogP contribution in [0.5, 0.6) is 0 Å². The van der Waals surface area contributed by atoms with Crippen molar-refractivity contribution in [3.05, 3.63) is 51.8 Å². The molecule has 0 unspecified atom stereocenters. The lowest BCUT2D eigenvalue weighted by atomic mass is 9.88. The molecule has 1 aromatic carbocycles. The van der Waals surface area contributed by atoms with Crippen molar-refractivity contribution in [1.29, 1.82) is 0 Å². The minimum absolute atomic E-state index is 0.133. The molecule has 2 aliphatic rings. The normalized spacial score (nSPS) is 18.3. The summed E-state index contributed by atoms with van der Waals surface area (Å²) in [4.78, 5) is 29.7. The van der Waals surface area contributed by atoms with E-state index in [4.69, 9.17) is 0 Å². The number of amides is 1. The number of carbonyl (C=O) groups excluding carboxylic acids is 1. The second-order valence-electron chi connectivity index (χ2n) is 8.71. The summed E-state index contributed by atoms with van der Waals surface area (Å²) in [6.07, 6.45) is 6.63. The summed E-state index contributed by atoms with van der Waals surface area (Å²) in [6, 6.07) is 9.35. The zero-order chi connectivity index (χ0) is 21.1. The van der Waals surface area contributed by atoms with Crippen molar-refractivity contribution in [2.45, 2.75) is 52.4 Å². The summed E-state index contributed by atoms with van der Waals surface area (Å²) in [5, 5.41) is 4.67. The van der Waals surface area contributed by atoms with Gasteiger partial charge in [0.15, 0.2) is 0 Å². The van der Waals surface area contributed by atoms with Gasteiger partial charge in [-0.3, -0.25) is 9.59 Å². The summed E-state index contributed by atoms with van der Waals surface area (Å²) >= 11 is 0. The van der Waals surface area contributed by atoms with E-state index in [2.05, 4.69) is 21.8 Å². The van der Waals surface area contributed by atoms with E-state index in [1.165, 1.54) is 29.5 Å². The van der Waals surface area contributed by atoms with Crippen molar-refractivity contribution >= 4 is 11.7 Å². The molecule has 1 saturated heterocycles. The third kappa shape index (κ3) is 4.42. The van der Waals surface area contributed by atoms with E-state index in [-0.39, 0.29) is 11.5 Å². The van der Waals surface area contributed by atoms with Gasteiger partial charge in [-0.1, -0.05) is 25.3 Å². The SMILES string of the molecule is Cc1ccc(-n2nc(N3CCCN(C(=O)C4CCCCC4)CC3)ccc2=O)cc1C.